The molecule has 0 N–H and O–H groups in total. The van der Waals surface area contributed by atoms with Crippen molar-refractivity contribution in [3.8, 4) is 0 Å². The van der Waals surface area contributed by atoms with Crippen molar-refractivity contribution in [1.82, 2.24) is 0 Å². The Kier molecular flexibility index (Phi) is 2.46. The first kappa shape index (κ1) is 9.16. The van der Waals surface area contributed by atoms with Crippen LogP contribution in [-0.4, -0.2) is 5.78 Å². The number of carbonyl (C=O) groups excluding carboxylic acids is 1. The van der Waals surface area contributed by atoms with Crippen LogP contribution in [-0.2, 0) is 4.79 Å². The smallest absolute Gasteiger partial charge is 0.152 e. The Bertz CT molecular complexity index is 494. The van der Waals surface area contributed by atoms with Crippen LogP contribution in [0.5, 0.6) is 0 Å². The molecule has 0 amide bonds. The molecule has 2 heteroatoms. The van der Waals surface area contributed by atoms with Crippen LogP contribution in [0, 0.1) is 0 Å². The van der Waals surface area contributed by atoms with E-state index in [1.54, 1.807) is 24.3 Å². The van der Waals surface area contributed by atoms with E-state index >= 15 is 0 Å². The van der Waals surface area contributed by atoms with Crippen LogP contribution in [0.1, 0.15) is 12.5 Å². The van der Waals surface area contributed by atoms with Crippen molar-refractivity contribution in [2.75, 3.05) is 0 Å². The van der Waals surface area contributed by atoms with Gasteiger partial charge in [-0.1, -0.05) is 12.1 Å². The van der Waals surface area contributed by atoms with Crippen LogP contribution in [0.4, 0.5) is 0 Å². The van der Waals surface area contributed by atoms with E-state index in [9.17, 15) is 4.79 Å². The molecule has 2 rings (SSSR count). The van der Waals surface area contributed by atoms with E-state index in [0.717, 1.165) is 5.56 Å². The summed E-state index contributed by atoms with van der Waals surface area (Å²) in [5.74, 6) is 0.0791. The zero-order chi connectivity index (χ0) is 9.97. The molecule has 0 saturated carbocycles. The topological polar surface area (TPSA) is 17.1 Å². The molecule has 0 fully saturated rings. The van der Waals surface area contributed by atoms with Gasteiger partial charge in [0.25, 0.3) is 0 Å². The monoisotopic (exact) mass is 202 g/mol. The van der Waals surface area contributed by atoms with Gasteiger partial charge in [0.2, 0.25) is 0 Å². The number of fused-ring (bicyclic) bond motifs is 1. The number of ketones is 1. The first-order valence-electron chi connectivity index (χ1n) is 4.41. The Morgan fingerprint density at radius 2 is 2.21 bits per heavy atom. The average Bonchev–Trinajstić information content (AvgIpc) is 2.61. The Labute approximate surface area is 86.7 Å². The summed E-state index contributed by atoms with van der Waals surface area (Å²) in [4.78, 5) is 10.7. The van der Waals surface area contributed by atoms with Crippen molar-refractivity contribution in [2.45, 2.75) is 6.92 Å². The Hall–Kier alpha value is -1.41. The van der Waals surface area contributed by atoms with Crippen molar-refractivity contribution in [3.63, 3.8) is 0 Å². The van der Waals surface area contributed by atoms with E-state index in [1.165, 1.54) is 10.1 Å². The molecule has 0 atom stereocenters. The molecule has 0 radical (unpaired) electrons. The molecule has 14 heavy (non-hydrogen) atoms. The summed E-state index contributed by atoms with van der Waals surface area (Å²) in [6.45, 7) is 1.56. The van der Waals surface area contributed by atoms with Crippen LogP contribution in [0.25, 0.3) is 16.2 Å². The fraction of sp³-hybridized carbons (Fsp3) is 0.0833. The zero-order valence-electron chi connectivity index (χ0n) is 7.86. The largest absolute Gasteiger partial charge is 0.295 e. The molecule has 0 aliphatic rings. The summed E-state index contributed by atoms with van der Waals surface area (Å²) in [5.41, 5.74) is 1.08. The molecule has 0 saturated heterocycles. The van der Waals surface area contributed by atoms with Gasteiger partial charge in [0, 0.05) is 4.70 Å². The van der Waals surface area contributed by atoms with E-state index < -0.39 is 0 Å². The molecule has 1 heterocycles. The molecule has 2 aromatic rings. The number of hydrogen-bond donors (Lipinski definition) is 0. The second-order valence-corrected chi connectivity index (χ2v) is 4.11. The highest BCUT2D eigenvalue weighted by Gasteiger charge is 1.94. The number of benzene rings is 1. The lowest BCUT2D eigenvalue weighted by atomic mass is 10.1. The summed E-state index contributed by atoms with van der Waals surface area (Å²) in [6, 6.07) is 8.29. The number of thiophene rings is 1. The van der Waals surface area contributed by atoms with Crippen LogP contribution >= 0.6 is 11.3 Å². The van der Waals surface area contributed by atoms with Gasteiger partial charge in [-0.3, -0.25) is 4.79 Å². The highest BCUT2D eigenvalue weighted by Crippen LogP contribution is 2.22. The Morgan fingerprint density at radius 3 is 3.00 bits per heavy atom. The minimum atomic E-state index is 0.0791. The summed E-state index contributed by atoms with van der Waals surface area (Å²) in [5, 5.41) is 3.31. The second-order valence-electron chi connectivity index (χ2n) is 3.16. The molecule has 70 valence electrons. The molecule has 0 aliphatic heterocycles. The number of rotatable bonds is 2. The molecule has 0 unspecified atom stereocenters. The van der Waals surface area contributed by atoms with E-state index in [2.05, 4.69) is 23.6 Å². The third-order valence-corrected chi connectivity index (χ3v) is 2.88. The van der Waals surface area contributed by atoms with Crippen LogP contribution in [0.2, 0.25) is 0 Å². The number of hydrogen-bond acceptors (Lipinski definition) is 2. The van der Waals surface area contributed by atoms with E-state index in [1.807, 2.05) is 12.1 Å². The first-order chi connectivity index (χ1) is 6.75. The van der Waals surface area contributed by atoms with Crippen molar-refractivity contribution in [1.29, 1.82) is 0 Å². The van der Waals surface area contributed by atoms with Crippen molar-refractivity contribution in [3.05, 3.63) is 41.3 Å². The van der Waals surface area contributed by atoms with Crippen molar-refractivity contribution in [2.24, 2.45) is 0 Å². The third kappa shape index (κ3) is 1.91. The Morgan fingerprint density at radius 1 is 1.36 bits per heavy atom. The van der Waals surface area contributed by atoms with Gasteiger partial charge in [0.05, 0.1) is 0 Å². The van der Waals surface area contributed by atoms with E-state index in [4.69, 9.17) is 0 Å². The van der Waals surface area contributed by atoms with Gasteiger partial charge in [-0.15, -0.1) is 11.3 Å². The summed E-state index contributed by atoms with van der Waals surface area (Å²) in [7, 11) is 0. The van der Waals surface area contributed by atoms with Gasteiger partial charge in [0.15, 0.2) is 5.78 Å². The van der Waals surface area contributed by atoms with E-state index in [-0.39, 0.29) is 5.78 Å². The molecule has 0 spiro atoms. The Balaban J connectivity index is 2.39. The maximum absolute atomic E-state index is 10.7. The molecule has 1 aromatic carbocycles. The van der Waals surface area contributed by atoms with Crippen molar-refractivity contribution >= 4 is 33.3 Å². The van der Waals surface area contributed by atoms with Gasteiger partial charge >= 0.3 is 0 Å². The van der Waals surface area contributed by atoms with Crippen LogP contribution in [0.3, 0.4) is 0 Å². The van der Waals surface area contributed by atoms with Crippen molar-refractivity contribution < 1.29 is 4.79 Å². The standard InChI is InChI=1S/C12H10OS/c1-9(13)2-3-10-4-5-12-11(8-10)6-7-14-12/h2-8H,1H3/b3-2-. The lowest BCUT2D eigenvalue weighted by Crippen LogP contribution is -1.79. The van der Waals surface area contributed by atoms with Gasteiger partial charge in [-0.2, -0.15) is 0 Å². The quantitative estimate of drug-likeness (QED) is 0.681. The average molecular weight is 202 g/mol. The van der Waals surface area contributed by atoms with Crippen LogP contribution < -0.4 is 0 Å². The molecule has 1 nitrogen and oxygen atoms in total. The predicted molar refractivity (Wildman–Crippen MR) is 61.5 cm³/mol. The van der Waals surface area contributed by atoms with Gasteiger partial charge in [-0.05, 0) is 47.5 Å². The highest BCUT2D eigenvalue weighted by molar-refractivity contribution is 7.17. The second kappa shape index (κ2) is 3.76. The summed E-state index contributed by atoms with van der Waals surface area (Å²) >= 11 is 1.73. The van der Waals surface area contributed by atoms with Gasteiger partial charge in [-0.25, -0.2) is 0 Å². The van der Waals surface area contributed by atoms with E-state index in [0.29, 0.717) is 0 Å². The summed E-state index contributed by atoms with van der Waals surface area (Å²) < 4.78 is 1.28. The highest BCUT2D eigenvalue weighted by atomic mass is 32.1. The maximum atomic E-state index is 10.7. The lowest BCUT2D eigenvalue weighted by molar-refractivity contribution is -0.112. The molecule has 1 aromatic heterocycles. The van der Waals surface area contributed by atoms with Gasteiger partial charge < -0.3 is 0 Å². The number of carbonyl (C=O) groups is 1. The third-order valence-electron chi connectivity index (χ3n) is 1.99. The maximum Gasteiger partial charge on any atom is 0.152 e. The minimum absolute atomic E-state index is 0.0791. The van der Waals surface area contributed by atoms with Crippen LogP contribution in [0.15, 0.2) is 35.7 Å². The first-order valence-corrected chi connectivity index (χ1v) is 5.29. The molecule has 0 aliphatic carbocycles. The fourth-order valence-electron chi connectivity index (χ4n) is 1.30. The lowest BCUT2D eigenvalue weighted by Gasteiger charge is -1.93. The normalized spacial score (nSPS) is 11.2. The molecular formula is C12H10OS. The number of allylic oxidation sites excluding steroid dienone is 1. The minimum Gasteiger partial charge on any atom is -0.295 e. The van der Waals surface area contributed by atoms with Gasteiger partial charge in [0.1, 0.15) is 0 Å². The predicted octanol–water partition coefficient (Wildman–Crippen LogP) is 3.50. The molecular weight excluding hydrogens is 192 g/mol. The zero-order valence-corrected chi connectivity index (χ0v) is 8.67. The fourth-order valence-corrected chi connectivity index (χ4v) is 2.07. The SMILES string of the molecule is CC(=O)/C=C\c1ccc2sccc2c1. The molecule has 0 bridgehead atoms. The summed E-state index contributed by atoms with van der Waals surface area (Å²) in [6.07, 6.45) is 3.44.